The van der Waals surface area contributed by atoms with Crippen LogP contribution >= 0.6 is 0 Å². The summed E-state index contributed by atoms with van der Waals surface area (Å²) in [5.41, 5.74) is 1.78. The van der Waals surface area contributed by atoms with Crippen molar-refractivity contribution in [3.8, 4) is 11.5 Å². The fraction of sp³-hybridized carbons (Fsp3) is 0.364. The lowest BCUT2D eigenvalue weighted by molar-refractivity contribution is 0.0383. The Bertz CT molecular complexity index is 385. The molecule has 0 aromatic heterocycles. The minimum Gasteiger partial charge on any atom is -0.493 e. The molecule has 18 heavy (non-hydrogen) atoms. The summed E-state index contributed by atoms with van der Waals surface area (Å²) < 4.78 is 15.0. The van der Waals surface area contributed by atoms with Gasteiger partial charge in [0.25, 0.3) is 0 Å². The molecule has 1 atom stereocenters. The number of aliphatic hydroxyl groups is 1. The summed E-state index contributed by atoms with van der Waals surface area (Å²) in [4.78, 5) is 10.7. The molecule has 1 amide bonds. The molecule has 0 aliphatic rings. The van der Waals surface area contributed by atoms with E-state index in [9.17, 15) is 9.90 Å². The molecule has 0 bridgehead atoms. The molecule has 100 valence electrons. The standard InChI is InChI=1S/C11H16N2O5/c1-16-9-4-2-3-5-10(9)17-6-8(14)7-18-11(15)13-12/h2-5,8,14H,6-7,12H2,1H3,(H,13,15). The molecule has 1 aromatic carbocycles. The Hall–Kier alpha value is -1.99. The van der Waals surface area contributed by atoms with Crippen molar-refractivity contribution in [3.63, 3.8) is 0 Å². The maximum atomic E-state index is 10.7. The third-order valence-electron chi connectivity index (χ3n) is 2.02. The zero-order valence-electron chi connectivity index (χ0n) is 9.96. The minimum absolute atomic E-state index is 0.0295. The largest absolute Gasteiger partial charge is 0.493 e. The van der Waals surface area contributed by atoms with Gasteiger partial charge in [0.05, 0.1) is 7.11 Å². The number of hydrazine groups is 1. The molecule has 7 nitrogen and oxygen atoms in total. The number of rotatable bonds is 6. The van der Waals surface area contributed by atoms with E-state index in [1.54, 1.807) is 29.7 Å². The highest BCUT2D eigenvalue weighted by atomic mass is 16.6. The Morgan fingerprint density at radius 2 is 2.06 bits per heavy atom. The summed E-state index contributed by atoms with van der Waals surface area (Å²) in [6.45, 7) is -0.240. The van der Waals surface area contributed by atoms with Crippen LogP contribution in [0, 0.1) is 0 Å². The summed E-state index contributed by atoms with van der Waals surface area (Å²) in [6.07, 6.45) is -1.77. The maximum Gasteiger partial charge on any atom is 0.421 e. The van der Waals surface area contributed by atoms with E-state index < -0.39 is 12.2 Å². The van der Waals surface area contributed by atoms with E-state index in [0.29, 0.717) is 11.5 Å². The molecule has 0 spiro atoms. The van der Waals surface area contributed by atoms with E-state index >= 15 is 0 Å². The first-order valence-corrected chi connectivity index (χ1v) is 5.24. The number of amides is 1. The van der Waals surface area contributed by atoms with Crippen molar-refractivity contribution < 1.29 is 24.1 Å². The Labute approximate surface area is 104 Å². The van der Waals surface area contributed by atoms with Crippen molar-refractivity contribution in [2.24, 2.45) is 5.84 Å². The molecule has 1 rings (SSSR count). The molecular formula is C11H16N2O5. The van der Waals surface area contributed by atoms with E-state index in [2.05, 4.69) is 4.74 Å². The molecule has 1 unspecified atom stereocenters. The number of carbonyl (C=O) groups excluding carboxylic acids is 1. The molecular weight excluding hydrogens is 240 g/mol. The molecule has 0 aliphatic carbocycles. The number of hydrogen-bond acceptors (Lipinski definition) is 6. The lowest BCUT2D eigenvalue weighted by Gasteiger charge is -2.14. The van der Waals surface area contributed by atoms with Crippen LogP contribution in [0.5, 0.6) is 11.5 Å². The van der Waals surface area contributed by atoms with Gasteiger partial charge in [0.2, 0.25) is 0 Å². The van der Waals surface area contributed by atoms with Gasteiger partial charge < -0.3 is 19.3 Å². The molecule has 0 aliphatic heterocycles. The van der Waals surface area contributed by atoms with Crippen molar-refractivity contribution in [2.75, 3.05) is 20.3 Å². The summed E-state index contributed by atoms with van der Waals surface area (Å²) >= 11 is 0. The first-order valence-electron chi connectivity index (χ1n) is 5.24. The van der Waals surface area contributed by atoms with Crippen molar-refractivity contribution in [2.45, 2.75) is 6.10 Å². The molecule has 0 saturated carbocycles. The summed E-state index contributed by atoms with van der Waals surface area (Å²) in [5, 5.41) is 9.51. The second kappa shape index (κ2) is 7.36. The van der Waals surface area contributed by atoms with Gasteiger partial charge in [0.1, 0.15) is 19.3 Å². The lowest BCUT2D eigenvalue weighted by Crippen LogP contribution is -2.34. The zero-order valence-corrected chi connectivity index (χ0v) is 9.96. The Morgan fingerprint density at radius 1 is 1.39 bits per heavy atom. The highest BCUT2D eigenvalue weighted by Crippen LogP contribution is 2.25. The molecule has 0 fully saturated rings. The first kappa shape index (κ1) is 14.1. The van der Waals surface area contributed by atoms with Gasteiger partial charge in [-0.05, 0) is 12.1 Å². The van der Waals surface area contributed by atoms with E-state index in [-0.39, 0.29) is 13.2 Å². The minimum atomic E-state index is -0.952. The van der Waals surface area contributed by atoms with Crippen LogP contribution in [0.25, 0.3) is 0 Å². The molecule has 0 saturated heterocycles. The van der Waals surface area contributed by atoms with Crippen LogP contribution in [0.1, 0.15) is 0 Å². The molecule has 1 aromatic rings. The molecule has 0 radical (unpaired) electrons. The third-order valence-corrected chi connectivity index (χ3v) is 2.02. The maximum absolute atomic E-state index is 10.7. The second-order valence-electron chi connectivity index (χ2n) is 3.36. The van der Waals surface area contributed by atoms with E-state index in [4.69, 9.17) is 15.3 Å². The monoisotopic (exact) mass is 256 g/mol. The number of carbonyl (C=O) groups is 1. The van der Waals surface area contributed by atoms with Crippen LogP contribution in [0.2, 0.25) is 0 Å². The van der Waals surface area contributed by atoms with Gasteiger partial charge in [0, 0.05) is 0 Å². The zero-order chi connectivity index (χ0) is 13.4. The summed E-state index contributed by atoms with van der Waals surface area (Å²) in [7, 11) is 1.52. The molecule has 4 N–H and O–H groups in total. The summed E-state index contributed by atoms with van der Waals surface area (Å²) in [6, 6.07) is 7.03. The van der Waals surface area contributed by atoms with Crippen molar-refractivity contribution >= 4 is 6.09 Å². The van der Waals surface area contributed by atoms with Gasteiger partial charge in [-0.25, -0.2) is 10.6 Å². The number of ether oxygens (including phenoxy) is 3. The van der Waals surface area contributed by atoms with Crippen LogP contribution in [-0.2, 0) is 4.74 Å². The predicted molar refractivity (Wildman–Crippen MR) is 63.2 cm³/mol. The smallest absolute Gasteiger partial charge is 0.421 e. The van der Waals surface area contributed by atoms with E-state index in [0.717, 1.165) is 0 Å². The molecule has 0 heterocycles. The number of para-hydroxylation sites is 2. The van der Waals surface area contributed by atoms with Crippen molar-refractivity contribution in [1.29, 1.82) is 0 Å². The van der Waals surface area contributed by atoms with Crippen molar-refractivity contribution in [3.05, 3.63) is 24.3 Å². The van der Waals surface area contributed by atoms with Crippen molar-refractivity contribution in [1.82, 2.24) is 5.43 Å². The average molecular weight is 256 g/mol. The lowest BCUT2D eigenvalue weighted by atomic mass is 10.3. The number of nitrogens with two attached hydrogens (primary N) is 1. The first-order chi connectivity index (χ1) is 8.67. The molecule has 7 heteroatoms. The number of methoxy groups -OCH3 is 1. The topological polar surface area (TPSA) is 103 Å². The Balaban J connectivity index is 2.37. The van der Waals surface area contributed by atoms with Gasteiger partial charge in [-0.2, -0.15) is 0 Å². The fourth-order valence-electron chi connectivity index (χ4n) is 1.19. The van der Waals surface area contributed by atoms with Gasteiger partial charge in [0.15, 0.2) is 11.5 Å². The van der Waals surface area contributed by atoms with Crippen LogP contribution in [0.3, 0.4) is 0 Å². The van der Waals surface area contributed by atoms with Gasteiger partial charge >= 0.3 is 6.09 Å². The van der Waals surface area contributed by atoms with E-state index in [1.807, 2.05) is 0 Å². The van der Waals surface area contributed by atoms with E-state index in [1.165, 1.54) is 7.11 Å². The van der Waals surface area contributed by atoms with Gasteiger partial charge in [-0.1, -0.05) is 12.1 Å². The Kier molecular flexibility index (Phi) is 5.75. The number of aliphatic hydroxyl groups excluding tert-OH is 1. The second-order valence-corrected chi connectivity index (χ2v) is 3.36. The van der Waals surface area contributed by atoms with Gasteiger partial charge in [-0.3, -0.25) is 5.43 Å². The average Bonchev–Trinajstić information content (AvgIpc) is 2.42. The Morgan fingerprint density at radius 3 is 2.67 bits per heavy atom. The quantitative estimate of drug-likeness (QED) is 0.377. The highest BCUT2D eigenvalue weighted by Gasteiger charge is 2.10. The highest BCUT2D eigenvalue weighted by molar-refractivity contribution is 5.66. The van der Waals surface area contributed by atoms with Crippen LogP contribution in [0.4, 0.5) is 4.79 Å². The van der Waals surface area contributed by atoms with Crippen LogP contribution < -0.4 is 20.7 Å². The SMILES string of the molecule is COc1ccccc1OCC(O)COC(=O)NN. The van der Waals surface area contributed by atoms with Crippen LogP contribution in [0.15, 0.2) is 24.3 Å². The predicted octanol–water partition coefficient (Wildman–Crippen LogP) is 0.0348. The summed E-state index contributed by atoms with van der Waals surface area (Å²) in [5.74, 6) is 5.87. The van der Waals surface area contributed by atoms with Gasteiger partial charge in [-0.15, -0.1) is 0 Å². The fourth-order valence-corrected chi connectivity index (χ4v) is 1.19. The number of nitrogens with one attached hydrogen (secondary N) is 1. The van der Waals surface area contributed by atoms with Crippen LogP contribution in [-0.4, -0.2) is 37.6 Å². The third kappa shape index (κ3) is 4.48. The number of benzene rings is 1. The normalized spacial score (nSPS) is 11.5. The number of hydrogen-bond donors (Lipinski definition) is 3.